The molecule has 17 heteroatoms. The number of nitrogens with one attached hydrogen (secondary N) is 1. The number of anilines is 2. The van der Waals surface area contributed by atoms with Crippen LogP contribution in [0.2, 0.25) is 10.0 Å². The molecule has 0 spiro atoms. The van der Waals surface area contributed by atoms with Crippen molar-refractivity contribution in [3.8, 4) is 0 Å². The first kappa shape index (κ1) is 63.6. The molecule has 1 heterocycles. The van der Waals surface area contributed by atoms with Crippen LogP contribution in [-0.2, 0) is 49.3 Å². The number of ether oxygens (including phenoxy) is 5. The van der Waals surface area contributed by atoms with Gasteiger partial charge in [-0.3, -0.25) is 19.2 Å². The molecule has 0 aromatic heterocycles. The second-order valence-electron chi connectivity index (χ2n) is 19.6. The van der Waals surface area contributed by atoms with Crippen LogP contribution in [0.1, 0.15) is 121 Å². The number of carbonyl (C=O) groups is 4. The first-order valence-corrected chi connectivity index (χ1v) is 24.9. The minimum absolute atomic E-state index is 0.00575. The Morgan fingerprint density at radius 1 is 0.899 bits per heavy atom. The molecule has 2 aromatic rings. The van der Waals surface area contributed by atoms with E-state index in [0.717, 1.165) is 0 Å². The molecule has 1 aliphatic heterocycles. The second-order valence-corrected chi connectivity index (χ2v) is 20.4. The lowest BCUT2D eigenvalue weighted by Gasteiger charge is -2.45. The van der Waals surface area contributed by atoms with Gasteiger partial charge >= 0.3 is 17.9 Å². The van der Waals surface area contributed by atoms with Crippen LogP contribution < -0.4 is 5.32 Å². The summed E-state index contributed by atoms with van der Waals surface area (Å²) in [7, 11) is 7.50. The molecule has 0 aliphatic carbocycles. The Kier molecular flexibility index (Phi) is 27.5. The van der Waals surface area contributed by atoms with Crippen molar-refractivity contribution in [2.45, 2.75) is 170 Å². The van der Waals surface area contributed by atoms with E-state index in [-0.39, 0.29) is 31.8 Å². The molecule has 3 rings (SSSR count). The second kappa shape index (κ2) is 29.8. The Hall–Kier alpha value is -3.38. The largest absolute Gasteiger partial charge is 0.466 e. The molecule has 1 aliphatic rings. The molecular weight excluding hydrogens is 929 g/mol. The topological polar surface area (TPSA) is 194 Å². The van der Waals surface area contributed by atoms with E-state index in [0.29, 0.717) is 52.5 Å². The van der Waals surface area contributed by atoms with E-state index in [2.05, 4.69) is 5.32 Å². The molecule has 394 valence electrons. The molecule has 1 fully saturated rings. The van der Waals surface area contributed by atoms with Crippen molar-refractivity contribution in [2.75, 3.05) is 53.3 Å². The molecule has 0 radical (unpaired) electrons. The van der Waals surface area contributed by atoms with Gasteiger partial charge in [-0.15, -0.1) is 0 Å². The standard InChI is InChI=1S/C46H69Cl2N3O11.C4H10O.C2H6/c1-13-36(44(5,6)56)61-43(55)45(7,26-39(54)58-14-2)35(52)24-37(46(8,57)25-28(3)27-50(9)10)60-42-41(34(51(11)12)22-29(4)59-42)62-38(53)23-30-18-15-16-21-33(30)49-40-31(47)19-17-20-32(40)48;1-4(2)3-5;1-2/h15-21,28-29,34,36-37,41-42,49,56-57H,13-14,22-27H2,1-12H3;4-5H,3H2,1-2H3;1-2H3/t28-,29-,34+,36-,37-,41-,42+,45+,46-;;/m1../s1. The third-order valence-electron chi connectivity index (χ3n) is 11.5. The fourth-order valence-corrected chi connectivity index (χ4v) is 8.42. The fraction of sp³-hybridized carbons (Fsp3) is 0.692. The number of ketones is 1. The smallest absolute Gasteiger partial charge is 0.320 e. The summed E-state index contributed by atoms with van der Waals surface area (Å²) in [5.41, 5.74) is -3.62. The van der Waals surface area contributed by atoms with Crippen LogP contribution in [0.25, 0.3) is 0 Å². The third kappa shape index (κ3) is 20.7. The molecule has 0 amide bonds. The molecule has 1 saturated heterocycles. The zero-order valence-electron chi connectivity index (χ0n) is 44.2. The number of aliphatic hydroxyl groups is 3. The number of hydrogen-bond acceptors (Lipinski definition) is 15. The van der Waals surface area contributed by atoms with Gasteiger partial charge in [0.15, 0.2) is 18.2 Å². The molecule has 4 N–H and O–H groups in total. The molecule has 0 bridgehead atoms. The average Bonchev–Trinajstić information content (AvgIpc) is 3.24. The highest BCUT2D eigenvalue weighted by Crippen LogP contribution is 2.38. The van der Waals surface area contributed by atoms with Gasteiger partial charge in [-0.1, -0.05) is 89.0 Å². The number of Topliss-reactive ketones (excluding diaryl/α,β-unsaturated/α-hetero) is 1. The lowest BCUT2D eigenvalue weighted by molar-refractivity contribution is -0.291. The van der Waals surface area contributed by atoms with Crippen LogP contribution in [0.3, 0.4) is 0 Å². The van der Waals surface area contributed by atoms with Crippen molar-refractivity contribution >= 4 is 58.3 Å². The van der Waals surface area contributed by atoms with Gasteiger partial charge in [0, 0.05) is 25.3 Å². The maximum absolute atomic E-state index is 14.7. The first-order valence-electron chi connectivity index (χ1n) is 24.2. The maximum Gasteiger partial charge on any atom is 0.320 e. The highest BCUT2D eigenvalue weighted by molar-refractivity contribution is 6.39. The number of halogens is 2. The van der Waals surface area contributed by atoms with E-state index in [9.17, 15) is 29.4 Å². The summed E-state index contributed by atoms with van der Waals surface area (Å²) in [6, 6.07) is 11.9. The van der Waals surface area contributed by atoms with Crippen LogP contribution in [0.15, 0.2) is 42.5 Å². The lowest BCUT2D eigenvalue weighted by atomic mass is 9.76. The van der Waals surface area contributed by atoms with E-state index in [1.807, 2.05) is 85.6 Å². The lowest BCUT2D eigenvalue weighted by Crippen LogP contribution is -2.59. The van der Waals surface area contributed by atoms with Crippen molar-refractivity contribution in [2.24, 2.45) is 17.3 Å². The number of nitrogens with zero attached hydrogens (tertiary/aromatic N) is 2. The normalized spacial score (nSPS) is 20.2. The molecule has 2 aromatic carbocycles. The van der Waals surface area contributed by atoms with Crippen LogP contribution in [0.5, 0.6) is 0 Å². The molecule has 0 saturated carbocycles. The summed E-state index contributed by atoms with van der Waals surface area (Å²) in [6.07, 6.45) is -5.66. The minimum Gasteiger partial charge on any atom is -0.466 e. The summed E-state index contributed by atoms with van der Waals surface area (Å²) in [5.74, 6) is -2.87. The number of likely N-dealkylation sites (N-methyl/N-ethyl adjacent to an activating group) is 1. The zero-order chi connectivity index (χ0) is 53.0. The van der Waals surface area contributed by atoms with E-state index in [1.54, 1.807) is 57.2 Å². The van der Waals surface area contributed by atoms with Gasteiger partial charge in [-0.25, -0.2) is 0 Å². The summed E-state index contributed by atoms with van der Waals surface area (Å²) in [6.45, 7) is 21.8. The van der Waals surface area contributed by atoms with E-state index in [4.69, 9.17) is 52.0 Å². The van der Waals surface area contributed by atoms with Gasteiger partial charge < -0.3 is 54.1 Å². The van der Waals surface area contributed by atoms with Gasteiger partial charge in [0.25, 0.3) is 0 Å². The van der Waals surface area contributed by atoms with Crippen LogP contribution in [-0.4, -0.2) is 145 Å². The van der Waals surface area contributed by atoms with Gasteiger partial charge in [0.05, 0.1) is 64.6 Å². The van der Waals surface area contributed by atoms with Crippen LogP contribution in [0, 0.1) is 17.3 Å². The highest BCUT2D eigenvalue weighted by Gasteiger charge is 2.51. The molecular formula is C52H85Cl2N3O12. The Balaban J connectivity index is 0.00000318. The van der Waals surface area contributed by atoms with Crippen molar-refractivity contribution in [1.29, 1.82) is 0 Å². The van der Waals surface area contributed by atoms with Crippen LogP contribution >= 0.6 is 23.2 Å². The number of hydrogen-bond donors (Lipinski definition) is 4. The number of benzene rings is 2. The molecule has 15 nitrogen and oxygen atoms in total. The van der Waals surface area contributed by atoms with Crippen molar-refractivity contribution < 1.29 is 58.2 Å². The Bertz CT molecular complexity index is 1870. The van der Waals surface area contributed by atoms with Gasteiger partial charge in [0.1, 0.15) is 11.5 Å². The summed E-state index contributed by atoms with van der Waals surface area (Å²) < 4.78 is 30.3. The Morgan fingerprint density at radius 3 is 1.99 bits per heavy atom. The predicted octanol–water partition coefficient (Wildman–Crippen LogP) is 8.65. The summed E-state index contributed by atoms with van der Waals surface area (Å²) in [5, 5.41) is 35.3. The molecule has 0 unspecified atom stereocenters. The van der Waals surface area contributed by atoms with Gasteiger partial charge in [-0.05, 0) is 125 Å². The monoisotopic (exact) mass is 1010 g/mol. The van der Waals surface area contributed by atoms with E-state index >= 15 is 0 Å². The number of para-hydroxylation sites is 2. The average molecular weight is 1020 g/mol. The number of esters is 3. The van der Waals surface area contributed by atoms with Crippen molar-refractivity contribution in [3.05, 3.63) is 58.1 Å². The number of aliphatic hydroxyl groups excluding tert-OH is 1. The molecule has 69 heavy (non-hydrogen) atoms. The predicted molar refractivity (Wildman–Crippen MR) is 273 cm³/mol. The highest BCUT2D eigenvalue weighted by atomic mass is 35.5. The van der Waals surface area contributed by atoms with E-state index in [1.165, 1.54) is 20.8 Å². The van der Waals surface area contributed by atoms with Gasteiger partial charge in [-0.2, -0.15) is 0 Å². The summed E-state index contributed by atoms with van der Waals surface area (Å²) >= 11 is 12.9. The summed E-state index contributed by atoms with van der Waals surface area (Å²) in [4.78, 5) is 59.7. The van der Waals surface area contributed by atoms with Crippen LogP contribution in [0.4, 0.5) is 11.4 Å². The third-order valence-corrected chi connectivity index (χ3v) is 12.2. The SMILES string of the molecule is CC.CC(C)CO.CCOC(=O)C[C@@](C)(C(=O)C[C@@H](O[C@@H]1O[C@H](C)C[C@H](N(C)C)[C@H]1OC(=O)Cc1ccccc1Nc1c(Cl)cccc1Cl)[C@](C)(O)C[C@@H](C)CN(C)C)C(=O)O[C@H](CC)C(C)(C)O. The zero-order valence-corrected chi connectivity index (χ0v) is 45.7. The maximum atomic E-state index is 14.7. The number of carbonyl (C=O) groups excluding carboxylic acids is 4. The molecule has 9 atom stereocenters. The first-order chi connectivity index (χ1) is 32.1. The van der Waals surface area contributed by atoms with Crippen molar-refractivity contribution in [3.63, 3.8) is 0 Å². The van der Waals surface area contributed by atoms with E-state index < -0.39 is 89.9 Å². The Morgan fingerprint density at radius 2 is 1.48 bits per heavy atom. The fourth-order valence-electron chi connectivity index (χ4n) is 7.93. The minimum atomic E-state index is -2.10. The van der Waals surface area contributed by atoms with Crippen molar-refractivity contribution in [1.82, 2.24) is 9.80 Å². The Labute approximate surface area is 422 Å². The number of rotatable bonds is 24. The quantitative estimate of drug-likeness (QED) is 0.0443. The van der Waals surface area contributed by atoms with Gasteiger partial charge in [0.2, 0.25) is 0 Å².